The maximum Gasteiger partial charge on any atom is 0.348 e. The van der Waals surface area contributed by atoms with E-state index in [4.69, 9.17) is 4.74 Å². The summed E-state index contributed by atoms with van der Waals surface area (Å²) in [7, 11) is 0. The molecule has 0 radical (unpaired) electrons. The standard InChI is InChI=1S/C18H15N3O3S2/c1-3-24-18(23)15-10(2)14-16(26-15)19-9-21(17(14)22)8-13-20-11-6-4-5-7-12(11)25-13/h4-7,9H,3,8H2,1-2H3. The molecule has 0 unspecified atom stereocenters. The number of carbonyl (C=O) groups excluding carboxylic acids is 1. The summed E-state index contributed by atoms with van der Waals surface area (Å²) in [6.45, 7) is 4.16. The summed E-state index contributed by atoms with van der Waals surface area (Å²) >= 11 is 2.75. The van der Waals surface area contributed by atoms with Crippen LogP contribution < -0.4 is 5.56 Å². The van der Waals surface area contributed by atoms with Crippen LogP contribution in [-0.4, -0.2) is 27.1 Å². The van der Waals surface area contributed by atoms with Gasteiger partial charge in [-0.3, -0.25) is 9.36 Å². The van der Waals surface area contributed by atoms with E-state index in [0.29, 0.717) is 33.8 Å². The molecule has 6 nitrogen and oxygen atoms in total. The maximum absolute atomic E-state index is 12.9. The second-order valence-electron chi connectivity index (χ2n) is 5.71. The molecule has 0 saturated carbocycles. The maximum atomic E-state index is 12.9. The highest BCUT2D eigenvalue weighted by Crippen LogP contribution is 2.28. The van der Waals surface area contributed by atoms with Crippen molar-refractivity contribution < 1.29 is 9.53 Å². The molecule has 4 aromatic rings. The van der Waals surface area contributed by atoms with E-state index in [9.17, 15) is 9.59 Å². The Morgan fingerprint density at radius 2 is 2.08 bits per heavy atom. The van der Waals surface area contributed by atoms with Gasteiger partial charge in [-0.25, -0.2) is 14.8 Å². The van der Waals surface area contributed by atoms with Gasteiger partial charge < -0.3 is 4.74 Å². The second kappa shape index (κ2) is 6.62. The number of para-hydroxylation sites is 1. The van der Waals surface area contributed by atoms with Crippen molar-refractivity contribution in [2.45, 2.75) is 20.4 Å². The third-order valence-electron chi connectivity index (χ3n) is 4.02. The molecule has 3 heterocycles. The Balaban J connectivity index is 1.76. The number of nitrogens with zero attached hydrogens (tertiary/aromatic N) is 3. The van der Waals surface area contributed by atoms with Crippen LogP contribution in [0.2, 0.25) is 0 Å². The lowest BCUT2D eigenvalue weighted by molar-refractivity contribution is 0.0531. The highest BCUT2D eigenvalue weighted by molar-refractivity contribution is 7.20. The molecule has 0 aliphatic heterocycles. The van der Waals surface area contributed by atoms with Crippen molar-refractivity contribution >= 4 is 49.1 Å². The van der Waals surface area contributed by atoms with Crippen molar-refractivity contribution in [2.75, 3.05) is 6.61 Å². The number of aryl methyl sites for hydroxylation is 1. The molecule has 0 N–H and O–H groups in total. The van der Waals surface area contributed by atoms with Crippen molar-refractivity contribution in [1.82, 2.24) is 14.5 Å². The molecule has 0 aliphatic carbocycles. The molecule has 132 valence electrons. The fraction of sp³-hybridized carbons (Fsp3) is 0.222. The molecule has 0 atom stereocenters. The van der Waals surface area contributed by atoms with Crippen molar-refractivity contribution in [2.24, 2.45) is 0 Å². The third kappa shape index (κ3) is 2.81. The fourth-order valence-corrected chi connectivity index (χ4v) is 4.80. The van der Waals surface area contributed by atoms with Gasteiger partial charge in [-0.2, -0.15) is 0 Å². The Morgan fingerprint density at radius 3 is 2.85 bits per heavy atom. The van der Waals surface area contributed by atoms with Gasteiger partial charge in [-0.05, 0) is 31.5 Å². The van der Waals surface area contributed by atoms with E-state index in [0.717, 1.165) is 15.2 Å². The van der Waals surface area contributed by atoms with Gasteiger partial charge in [0.2, 0.25) is 0 Å². The highest BCUT2D eigenvalue weighted by Gasteiger charge is 2.20. The fourth-order valence-electron chi connectivity index (χ4n) is 2.80. The van der Waals surface area contributed by atoms with Gasteiger partial charge in [0.25, 0.3) is 5.56 Å². The quantitative estimate of drug-likeness (QED) is 0.502. The Morgan fingerprint density at radius 1 is 1.27 bits per heavy atom. The number of esters is 1. The van der Waals surface area contributed by atoms with Crippen LogP contribution in [0, 0.1) is 6.92 Å². The number of hydrogen-bond donors (Lipinski definition) is 0. The lowest BCUT2D eigenvalue weighted by Gasteiger charge is -2.02. The monoisotopic (exact) mass is 385 g/mol. The molecule has 0 fully saturated rings. The number of rotatable bonds is 4. The molecule has 26 heavy (non-hydrogen) atoms. The molecular weight excluding hydrogens is 370 g/mol. The van der Waals surface area contributed by atoms with Gasteiger partial charge in [0.1, 0.15) is 14.7 Å². The van der Waals surface area contributed by atoms with E-state index in [1.807, 2.05) is 24.3 Å². The summed E-state index contributed by atoms with van der Waals surface area (Å²) in [6, 6.07) is 7.87. The summed E-state index contributed by atoms with van der Waals surface area (Å²) in [6.07, 6.45) is 1.52. The van der Waals surface area contributed by atoms with Gasteiger partial charge in [0, 0.05) is 0 Å². The molecule has 0 bridgehead atoms. The highest BCUT2D eigenvalue weighted by atomic mass is 32.1. The van der Waals surface area contributed by atoms with Gasteiger partial charge in [0.05, 0.1) is 35.1 Å². The Hall–Kier alpha value is -2.58. The van der Waals surface area contributed by atoms with Crippen LogP contribution in [0.3, 0.4) is 0 Å². The smallest absolute Gasteiger partial charge is 0.348 e. The summed E-state index contributed by atoms with van der Waals surface area (Å²) < 4.78 is 7.68. The van der Waals surface area contributed by atoms with Gasteiger partial charge in [-0.1, -0.05) is 12.1 Å². The SMILES string of the molecule is CCOC(=O)c1sc2ncn(Cc3nc4ccccc4s3)c(=O)c2c1C. The minimum Gasteiger partial charge on any atom is -0.462 e. The summed E-state index contributed by atoms with van der Waals surface area (Å²) in [5, 5.41) is 1.31. The molecule has 1 aromatic carbocycles. The summed E-state index contributed by atoms with van der Waals surface area (Å²) in [4.78, 5) is 34.9. The largest absolute Gasteiger partial charge is 0.462 e. The van der Waals surface area contributed by atoms with Crippen LogP contribution in [0.5, 0.6) is 0 Å². The van der Waals surface area contributed by atoms with E-state index in [-0.39, 0.29) is 5.56 Å². The number of aromatic nitrogens is 3. The van der Waals surface area contributed by atoms with Gasteiger partial charge in [0.15, 0.2) is 0 Å². The zero-order valence-corrected chi connectivity index (χ0v) is 15.8. The predicted molar refractivity (Wildman–Crippen MR) is 103 cm³/mol. The first-order valence-electron chi connectivity index (χ1n) is 8.08. The van der Waals surface area contributed by atoms with E-state index in [1.165, 1.54) is 22.2 Å². The van der Waals surface area contributed by atoms with Crippen molar-refractivity contribution in [3.05, 3.63) is 56.4 Å². The van der Waals surface area contributed by atoms with E-state index in [1.54, 1.807) is 25.2 Å². The van der Waals surface area contributed by atoms with Crippen molar-refractivity contribution in [3.8, 4) is 0 Å². The molecule has 0 saturated heterocycles. The van der Waals surface area contributed by atoms with Crippen LogP contribution in [0.15, 0.2) is 35.4 Å². The topological polar surface area (TPSA) is 74.1 Å². The molecule has 0 amide bonds. The average molecular weight is 385 g/mol. The number of hydrogen-bond acceptors (Lipinski definition) is 7. The minimum atomic E-state index is -0.412. The van der Waals surface area contributed by atoms with Gasteiger partial charge in [-0.15, -0.1) is 22.7 Å². The van der Waals surface area contributed by atoms with Crippen molar-refractivity contribution in [3.63, 3.8) is 0 Å². The third-order valence-corrected chi connectivity index (χ3v) is 6.22. The minimum absolute atomic E-state index is 0.168. The van der Waals surface area contributed by atoms with Crippen LogP contribution in [0.4, 0.5) is 0 Å². The predicted octanol–water partition coefficient (Wildman–Crippen LogP) is 3.60. The van der Waals surface area contributed by atoms with Crippen LogP contribution in [-0.2, 0) is 11.3 Å². The number of benzene rings is 1. The molecule has 0 spiro atoms. The summed E-state index contributed by atoms with van der Waals surface area (Å²) in [5.41, 5.74) is 1.38. The number of ether oxygens (including phenoxy) is 1. The normalized spacial score (nSPS) is 11.3. The first-order chi connectivity index (χ1) is 12.6. The first-order valence-corrected chi connectivity index (χ1v) is 9.72. The van der Waals surface area contributed by atoms with Crippen LogP contribution in [0.25, 0.3) is 20.4 Å². The number of carbonyl (C=O) groups is 1. The molecule has 8 heteroatoms. The lowest BCUT2D eigenvalue weighted by Crippen LogP contribution is -2.21. The zero-order chi connectivity index (χ0) is 18.3. The van der Waals surface area contributed by atoms with Crippen molar-refractivity contribution in [1.29, 1.82) is 0 Å². The number of fused-ring (bicyclic) bond motifs is 2. The van der Waals surface area contributed by atoms with Crippen LogP contribution in [0.1, 0.15) is 27.2 Å². The average Bonchev–Trinajstić information content (AvgIpc) is 3.18. The molecule has 3 aromatic heterocycles. The zero-order valence-electron chi connectivity index (χ0n) is 14.2. The van der Waals surface area contributed by atoms with E-state index < -0.39 is 5.97 Å². The van der Waals surface area contributed by atoms with E-state index >= 15 is 0 Å². The second-order valence-corrected chi connectivity index (χ2v) is 7.82. The Bertz CT molecular complexity index is 1160. The van der Waals surface area contributed by atoms with Gasteiger partial charge >= 0.3 is 5.97 Å². The number of thiophene rings is 1. The van der Waals surface area contributed by atoms with Crippen LogP contribution >= 0.6 is 22.7 Å². The molecule has 0 aliphatic rings. The number of thiazole rings is 1. The summed E-state index contributed by atoms with van der Waals surface area (Å²) in [5.74, 6) is -0.412. The molecular formula is C18H15N3O3S2. The first kappa shape index (κ1) is 16.9. The lowest BCUT2D eigenvalue weighted by atomic mass is 10.2. The van der Waals surface area contributed by atoms with E-state index in [2.05, 4.69) is 9.97 Å². The molecule has 4 rings (SSSR count). The Kier molecular flexibility index (Phi) is 4.29. The Labute approximate surface area is 156 Å².